The fourth-order valence-electron chi connectivity index (χ4n) is 2.51. The van der Waals surface area contributed by atoms with Crippen molar-refractivity contribution in [3.8, 4) is 11.3 Å². The van der Waals surface area contributed by atoms with E-state index in [1.807, 2.05) is 44.2 Å². The summed E-state index contributed by atoms with van der Waals surface area (Å²) in [7, 11) is 0. The minimum Gasteiger partial charge on any atom is -0.451 e. The van der Waals surface area contributed by atoms with Gasteiger partial charge in [-0.1, -0.05) is 41.9 Å². The van der Waals surface area contributed by atoms with Crippen LogP contribution in [0.3, 0.4) is 0 Å². The number of esters is 1. The Bertz CT molecular complexity index is 986. The largest absolute Gasteiger partial charge is 0.451 e. The summed E-state index contributed by atoms with van der Waals surface area (Å²) >= 11 is 7.15. The van der Waals surface area contributed by atoms with Gasteiger partial charge in [-0.25, -0.2) is 9.78 Å². The Labute approximate surface area is 166 Å². The van der Waals surface area contributed by atoms with E-state index in [0.717, 1.165) is 16.1 Å². The third kappa shape index (κ3) is 4.72. The van der Waals surface area contributed by atoms with Gasteiger partial charge in [0, 0.05) is 16.3 Å². The molecule has 0 aliphatic heterocycles. The van der Waals surface area contributed by atoms with Crippen LogP contribution in [0.2, 0.25) is 5.02 Å². The van der Waals surface area contributed by atoms with Crippen LogP contribution in [0.5, 0.6) is 0 Å². The summed E-state index contributed by atoms with van der Waals surface area (Å²) in [5.74, 6) is -0.987. The van der Waals surface area contributed by atoms with E-state index in [2.05, 4.69) is 10.3 Å². The van der Waals surface area contributed by atoms with Gasteiger partial charge in [0.05, 0.1) is 10.7 Å². The second-order valence-corrected chi connectivity index (χ2v) is 7.50. The number of aromatic nitrogens is 1. The number of thiazole rings is 1. The predicted octanol–water partition coefficient (Wildman–Crippen LogP) is 4.88. The van der Waals surface area contributed by atoms with Crippen molar-refractivity contribution in [2.24, 2.45) is 0 Å². The van der Waals surface area contributed by atoms with Crippen LogP contribution in [0.4, 0.5) is 5.69 Å². The molecule has 0 atom stereocenters. The molecular weight excluding hydrogens is 384 g/mol. The molecule has 1 N–H and O–H groups in total. The molecule has 1 heterocycles. The molecule has 7 heteroatoms. The molecule has 1 aromatic heterocycles. The molecule has 3 aromatic rings. The fraction of sp³-hybridized carbons (Fsp3) is 0.150. The highest BCUT2D eigenvalue weighted by Gasteiger charge is 2.20. The van der Waals surface area contributed by atoms with E-state index in [-0.39, 0.29) is 6.61 Å². The zero-order valence-electron chi connectivity index (χ0n) is 14.8. The number of nitrogens with zero attached hydrogens (tertiary/aromatic N) is 1. The van der Waals surface area contributed by atoms with Gasteiger partial charge in [-0.2, -0.15) is 0 Å². The summed E-state index contributed by atoms with van der Waals surface area (Å²) in [5.41, 5.74) is 2.85. The number of carbonyl (C=O) groups is 2. The first-order valence-electron chi connectivity index (χ1n) is 8.20. The van der Waals surface area contributed by atoms with E-state index in [9.17, 15) is 9.59 Å². The van der Waals surface area contributed by atoms with Crippen LogP contribution in [0.25, 0.3) is 11.3 Å². The molecule has 0 saturated heterocycles. The number of carbonyl (C=O) groups excluding carboxylic acids is 2. The van der Waals surface area contributed by atoms with E-state index in [1.165, 1.54) is 11.3 Å². The number of amides is 1. The van der Waals surface area contributed by atoms with Crippen molar-refractivity contribution >= 4 is 40.5 Å². The second kappa shape index (κ2) is 8.33. The molecule has 27 heavy (non-hydrogen) atoms. The highest BCUT2D eigenvalue weighted by molar-refractivity contribution is 7.14. The van der Waals surface area contributed by atoms with Gasteiger partial charge in [0.15, 0.2) is 6.61 Å². The Morgan fingerprint density at radius 1 is 1.15 bits per heavy atom. The number of halogens is 1. The van der Waals surface area contributed by atoms with Gasteiger partial charge < -0.3 is 10.1 Å². The van der Waals surface area contributed by atoms with Crippen LogP contribution in [0.15, 0.2) is 48.5 Å². The monoisotopic (exact) mass is 400 g/mol. The molecule has 0 aliphatic carbocycles. The fourth-order valence-corrected chi connectivity index (χ4v) is 3.57. The molecule has 0 spiro atoms. The lowest BCUT2D eigenvalue weighted by molar-refractivity contribution is -0.119. The van der Waals surface area contributed by atoms with E-state index in [1.54, 1.807) is 18.2 Å². The van der Waals surface area contributed by atoms with Crippen molar-refractivity contribution in [1.29, 1.82) is 0 Å². The quantitative estimate of drug-likeness (QED) is 0.620. The third-order valence-electron chi connectivity index (χ3n) is 3.76. The van der Waals surface area contributed by atoms with E-state index >= 15 is 0 Å². The summed E-state index contributed by atoms with van der Waals surface area (Å²) in [6.45, 7) is 3.27. The summed E-state index contributed by atoms with van der Waals surface area (Å²) in [4.78, 5) is 29.4. The Morgan fingerprint density at radius 3 is 2.59 bits per heavy atom. The zero-order valence-corrected chi connectivity index (χ0v) is 16.4. The van der Waals surface area contributed by atoms with E-state index in [0.29, 0.717) is 21.3 Å². The van der Waals surface area contributed by atoms with Crippen LogP contribution < -0.4 is 5.32 Å². The molecule has 0 bridgehead atoms. The first-order valence-corrected chi connectivity index (χ1v) is 9.39. The van der Waals surface area contributed by atoms with Gasteiger partial charge in [0.2, 0.25) is 0 Å². The van der Waals surface area contributed by atoms with Crippen molar-refractivity contribution in [3.05, 3.63) is 69.0 Å². The standard InChI is InChI=1S/C20H17ClN2O3S/c1-12-10-15(21)8-9-16(12)23-17(24)11-26-20(25)19-18(22-13(2)27-19)14-6-4-3-5-7-14/h3-10H,11H2,1-2H3,(H,23,24). The van der Waals surface area contributed by atoms with Gasteiger partial charge in [0.1, 0.15) is 4.88 Å². The second-order valence-electron chi connectivity index (χ2n) is 5.86. The van der Waals surface area contributed by atoms with Crippen molar-refractivity contribution in [3.63, 3.8) is 0 Å². The highest BCUT2D eigenvalue weighted by Crippen LogP contribution is 2.28. The molecule has 0 saturated carbocycles. The molecule has 5 nitrogen and oxygen atoms in total. The average molecular weight is 401 g/mol. The highest BCUT2D eigenvalue weighted by atomic mass is 35.5. The number of aryl methyl sites for hydroxylation is 2. The Balaban J connectivity index is 1.67. The lowest BCUT2D eigenvalue weighted by Gasteiger charge is -2.09. The van der Waals surface area contributed by atoms with Crippen molar-refractivity contribution in [2.75, 3.05) is 11.9 Å². The maximum absolute atomic E-state index is 12.5. The van der Waals surface area contributed by atoms with Crippen LogP contribution in [0, 0.1) is 13.8 Å². The minimum atomic E-state index is -0.567. The number of hydrogen-bond acceptors (Lipinski definition) is 5. The van der Waals surface area contributed by atoms with Gasteiger partial charge in [-0.3, -0.25) is 4.79 Å². The third-order valence-corrected chi connectivity index (χ3v) is 4.95. The number of rotatable bonds is 5. The normalized spacial score (nSPS) is 10.5. The molecule has 2 aromatic carbocycles. The first-order chi connectivity index (χ1) is 12.9. The molecule has 1 amide bonds. The number of ether oxygens (including phenoxy) is 1. The van der Waals surface area contributed by atoms with Crippen molar-refractivity contribution < 1.29 is 14.3 Å². The Morgan fingerprint density at radius 2 is 1.89 bits per heavy atom. The smallest absolute Gasteiger partial charge is 0.351 e. The number of nitrogens with one attached hydrogen (secondary N) is 1. The predicted molar refractivity (Wildman–Crippen MR) is 107 cm³/mol. The number of anilines is 1. The molecule has 3 rings (SSSR count). The topological polar surface area (TPSA) is 68.3 Å². The lowest BCUT2D eigenvalue weighted by Crippen LogP contribution is -2.21. The summed E-state index contributed by atoms with van der Waals surface area (Å²) < 4.78 is 5.19. The molecule has 138 valence electrons. The van der Waals surface area contributed by atoms with Crippen molar-refractivity contribution in [1.82, 2.24) is 4.98 Å². The molecule has 0 fully saturated rings. The summed E-state index contributed by atoms with van der Waals surface area (Å²) in [6, 6.07) is 14.5. The van der Waals surface area contributed by atoms with Crippen LogP contribution in [-0.4, -0.2) is 23.5 Å². The molecule has 0 unspecified atom stereocenters. The minimum absolute atomic E-state index is 0.383. The van der Waals surface area contributed by atoms with E-state index in [4.69, 9.17) is 16.3 Å². The van der Waals surface area contributed by atoms with Gasteiger partial charge in [-0.05, 0) is 37.6 Å². The maximum Gasteiger partial charge on any atom is 0.351 e. The summed E-state index contributed by atoms with van der Waals surface area (Å²) in [5, 5.41) is 4.05. The van der Waals surface area contributed by atoms with Crippen molar-refractivity contribution in [2.45, 2.75) is 13.8 Å². The number of hydrogen-bond donors (Lipinski definition) is 1. The van der Waals surface area contributed by atoms with Crippen LogP contribution in [0.1, 0.15) is 20.2 Å². The Hall–Kier alpha value is -2.70. The Kier molecular flexibility index (Phi) is 5.88. The van der Waals surface area contributed by atoms with Gasteiger partial charge in [-0.15, -0.1) is 11.3 Å². The maximum atomic E-state index is 12.5. The molecule has 0 aliphatic rings. The molecule has 0 radical (unpaired) electrons. The van der Waals surface area contributed by atoms with Gasteiger partial charge >= 0.3 is 5.97 Å². The van der Waals surface area contributed by atoms with Crippen LogP contribution in [-0.2, 0) is 9.53 Å². The zero-order chi connectivity index (χ0) is 19.4. The average Bonchev–Trinajstić information content (AvgIpc) is 3.05. The SMILES string of the molecule is Cc1nc(-c2ccccc2)c(C(=O)OCC(=O)Nc2ccc(Cl)cc2C)s1. The first kappa shape index (κ1) is 19.1. The summed E-state index contributed by atoms with van der Waals surface area (Å²) in [6.07, 6.45) is 0. The van der Waals surface area contributed by atoms with Gasteiger partial charge in [0.25, 0.3) is 5.91 Å². The number of benzene rings is 2. The van der Waals surface area contributed by atoms with E-state index < -0.39 is 11.9 Å². The lowest BCUT2D eigenvalue weighted by atomic mass is 10.1. The van der Waals surface area contributed by atoms with Crippen LogP contribution >= 0.6 is 22.9 Å². The molecular formula is C20H17ClN2O3S.